The summed E-state index contributed by atoms with van der Waals surface area (Å²) in [5.41, 5.74) is 8.44. The van der Waals surface area contributed by atoms with E-state index in [1.54, 1.807) is 0 Å². The summed E-state index contributed by atoms with van der Waals surface area (Å²) in [5, 5.41) is 9.33. The normalized spacial score (nSPS) is 14.8. The summed E-state index contributed by atoms with van der Waals surface area (Å²) < 4.78 is 0. The van der Waals surface area contributed by atoms with Crippen molar-refractivity contribution in [3.05, 3.63) is 35.4 Å². The van der Waals surface area contributed by atoms with Crippen molar-refractivity contribution < 1.29 is 5.11 Å². The molecule has 0 aliphatic heterocycles. The fourth-order valence-electron chi connectivity index (χ4n) is 1.74. The topological polar surface area (TPSA) is 46.2 Å². The van der Waals surface area contributed by atoms with Crippen molar-refractivity contribution in [2.75, 3.05) is 6.61 Å². The molecule has 2 nitrogen and oxygen atoms in total. The van der Waals surface area contributed by atoms with E-state index in [-0.39, 0.29) is 23.5 Å². The number of aliphatic hydroxyl groups excluding tert-OH is 1. The van der Waals surface area contributed by atoms with Gasteiger partial charge in [-0.1, -0.05) is 58.9 Å². The average molecular weight is 235 g/mol. The highest BCUT2D eigenvalue weighted by atomic mass is 16.3. The van der Waals surface area contributed by atoms with E-state index in [0.717, 1.165) is 5.56 Å². The summed E-state index contributed by atoms with van der Waals surface area (Å²) in [7, 11) is 0. The first kappa shape index (κ1) is 14.2. The smallest absolute Gasteiger partial charge is 0.0500 e. The lowest BCUT2D eigenvalue weighted by Crippen LogP contribution is -2.32. The van der Waals surface area contributed by atoms with Crippen LogP contribution in [-0.2, 0) is 5.41 Å². The van der Waals surface area contributed by atoms with E-state index in [1.165, 1.54) is 5.56 Å². The molecule has 0 spiro atoms. The summed E-state index contributed by atoms with van der Waals surface area (Å²) in [4.78, 5) is 0. The lowest BCUT2D eigenvalue weighted by atomic mass is 9.80. The molecule has 0 aliphatic rings. The molecule has 3 N–H and O–H groups in total. The van der Waals surface area contributed by atoms with Crippen LogP contribution in [0.2, 0.25) is 0 Å². The molecule has 0 fully saturated rings. The monoisotopic (exact) mass is 235 g/mol. The summed E-state index contributed by atoms with van der Waals surface area (Å²) in [6.45, 7) is 10.6. The first-order chi connectivity index (χ1) is 7.68. The zero-order valence-corrected chi connectivity index (χ0v) is 11.6. The molecule has 1 atom stereocenters. The van der Waals surface area contributed by atoms with Crippen LogP contribution in [0.4, 0.5) is 0 Å². The largest absolute Gasteiger partial charge is 0.396 e. The molecule has 96 valence electrons. The minimum Gasteiger partial charge on any atom is -0.396 e. The summed E-state index contributed by atoms with van der Waals surface area (Å²) in [6.07, 6.45) is 0. The van der Waals surface area contributed by atoms with Gasteiger partial charge in [-0.25, -0.2) is 0 Å². The number of hydrogen-bond acceptors (Lipinski definition) is 2. The Bertz CT molecular complexity index is 360. The quantitative estimate of drug-likeness (QED) is 0.846. The first-order valence-electron chi connectivity index (χ1n) is 6.15. The van der Waals surface area contributed by atoms with E-state index in [4.69, 9.17) is 5.73 Å². The Morgan fingerprint density at radius 2 is 1.53 bits per heavy atom. The third-order valence-corrected chi connectivity index (χ3v) is 3.39. The second kappa shape index (κ2) is 4.79. The molecule has 0 aliphatic carbocycles. The zero-order chi connectivity index (χ0) is 13.3. The molecule has 1 rings (SSSR count). The molecule has 0 aromatic heterocycles. The van der Waals surface area contributed by atoms with Gasteiger partial charge in [-0.3, -0.25) is 0 Å². The van der Waals surface area contributed by atoms with Crippen LogP contribution in [0.5, 0.6) is 0 Å². The van der Waals surface area contributed by atoms with Gasteiger partial charge >= 0.3 is 0 Å². The predicted octanol–water partition coefficient (Wildman–Crippen LogP) is 3.00. The lowest BCUT2D eigenvalue weighted by molar-refractivity contribution is 0.132. The lowest BCUT2D eigenvalue weighted by Gasteiger charge is -2.30. The maximum atomic E-state index is 9.33. The molecule has 0 bridgehead atoms. The SMILES string of the molecule is CC(C)(C)c1ccc([C@H](N)C(C)(C)CO)cc1. The van der Waals surface area contributed by atoms with E-state index >= 15 is 0 Å². The number of nitrogens with two attached hydrogens (primary N) is 1. The van der Waals surface area contributed by atoms with E-state index in [2.05, 4.69) is 45.0 Å². The van der Waals surface area contributed by atoms with Crippen molar-refractivity contribution in [3.8, 4) is 0 Å². The molecule has 1 aromatic rings. The Morgan fingerprint density at radius 1 is 1.06 bits per heavy atom. The van der Waals surface area contributed by atoms with Gasteiger partial charge in [0.25, 0.3) is 0 Å². The molecule has 17 heavy (non-hydrogen) atoms. The van der Waals surface area contributed by atoms with Gasteiger partial charge in [-0.05, 0) is 16.5 Å². The highest BCUT2D eigenvalue weighted by molar-refractivity contribution is 5.29. The van der Waals surface area contributed by atoms with Gasteiger partial charge in [-0.2, -0.15) is 0 Å². The highest BCUT2D eigenvalue weighted by Gasteiger charge is 2.27. The molecule has 0 amide bonds. The van der Waals surface area contributed by atoms with Gasteiger partial charge in [0.2, 0.25) is 0 Å². The zero-order valence-electron chi connectivity index (χ0n) is 11.6. The predicted molar refractivity (Wildman–Crippen MR) is 72.9 cm³/mol. The minimum atomic E-state index is -0.288. The standard InChI is InChI=1S/C15H25NO/c1-14(2,3)12-8-6-11(7-9-12)13(16)15(4,5)10-17/h6-9,13,17H,10,16H2,1-5H3/t13-/m0/s1. The highest BCUT2D eigenvalue weighted by Crippen LogP contribution is 2.31. The second-order valence-corrected chi connectivity index (χ2v) is 6.50. The van der Waals surface area contributed by atoms with E-state index in [9.17, 15) is 5.11 Å². The Labute approximate surface area is 105 Å². The van der Waals surface area contributed by atoms with Gasteiger partial charge < -0.3 is 10.8 Å². The molecular weight excluding hydrogens is 210 g/mol. The Morgan fingerprint density at radius 3 is 1.88 bits per heavy atom. The Kier molecular flexibility index (Phi) is 4.00. The van der Waals surface area contributed by atoms with Gasteiger partial charge in [0.1, 0.15) is 0 Å². The molecule has 1 aromatic carbocycles. The number of hydrogen-bond donors (Lipinski definition) is 2. The summed E-state index contributed by atoms with van der Waals surface area (Å²) >= 11 is 0. The molecular formula is C15H25NO. The fraction of sp³-hybridized carbons (Fsp3) is 0.600. The first-order valence-corrected chi connectivity index (χ1v) is 6.15. The van der Waals surface area contributed by atoms with Crippen LogP contribution in [-0.4, -0.2) is 11.7 Å². The van der Waals surface area contributed by atoms with Gasteiger partial charge in [-0.15, -0.1) is 0 Å². The van der Waals surface area contributed by atoms with Crippen molar-refractivity contribution in [1.29, 1.82) is 0 Å². The second-order valence-electron chi connectivity index (χ2n) is 6.50. The van der Waals surface area contributed by atoms with Crippen LogP contribution in [0.15, 0.2) is 24.3 Å². The third-order valence-electron chi connectivity index (χ3n) is 3.39. The van der Waals surface area contributed by atoms with Crippen LogP contribution >= 0.6 is 0 Å². The van der Waals surface area contributed by atoms with E-state index < -0.39 is 0 Å². The average Bonchev–Trinajstić information content (AvgIpc) is 2.27. The number of benzene rings is 1. The Balaban J connectivity index is 2.96. The molecule has 0 saturated heterocycles. The van der Waals surface area contributed by atoms with Crippen LogP contribution in [0.3, 0.4) is 0 Å². The molecule has 0 unspecified atom stereocenters. The van der Waals surface area contributed by atoms with E-state index in [0.29, 0.717) is 0 Å². The van der Waals surface area contributed by atoms with Crippen molar-refractivity contribution in [2.45, 2.75) is 46.1 Å². The minimum absolute atomic E-state index is 0.0924. The number of rotatable bonds is 3. The summed E-state index contributed by atoms with van der Waals surface area (Å²) in [5.74, 6) is 0. The molecule has 2 heteroatoms. The van der Waals surface area contributed by atoms with Crippen molar-refractivity contribution in [2.24, 2.45) is 11.1 Å². The van der Waals surface area contributed by atoms with Crippen LogP contribution in [0.25, 0.3) is 0 Å². The van der Waals surface area contributed by atoms with Gasteiger partial charge in [0.15, 0.2) is 0 Å². The summed E-state index contributed by atoms with van der Waals surface area (Å²) in [6, 6.07) is 8.26. The maximum Gasteiger partial charge on any atom is 0.0500 e. The molecule has 0 heterocycles. The van der Waals surface area contributed by atoms with Crippen LogP contribution in [0, 0.1) is 5.41 Å². The molecule has 0 radical (unpaired) electrons. The van der Waals surface area contributed by atoms with Crippen molar-refractivity contribution >= 4 is 0 Å². The fourth-order valence-corrected chi connectivity index (χ4v) is 1.74. The number of aliphatic hydroxyl groups is 1. The van der Waals surface area contributed by atoms with Gasteiger partial charge in [0, 0.05) is 18.1 Å². The molecule has 0 saturated carbocycles. The van der Waals surface area contributed by atoms with Crippen molar-refractivity contribution in [3.63, 3.8) is 0 Å². The van der Waals surface area contributed by atoms with Crippen molar-refractivity contribution in [1.82, 2.24) is 0 Å². The third kappa shape index (κ3) is 3.30. The maximum absolute atomic E-state index is 9.33. The van der Waals surface area contributed by atoms with Gasteiger partial charge in [0.05, 0.1) is 0 Å². The Hall–Kier alpha value is -0.860. The van der Waals surface area contributed by atoms with Crippen LogP contribution < -0.4 is 5.73 Å². The van der Waals surface area contributed by atoms with E-state index in [1.807, 2.05) is 13.8 Å². The van der Waals surface area contributed by atoms with Crippen LogP contribution in [0.1, 0.15) is 51.8 Å².